The maximum Gasteiger partial charge on any atom is 0.323 e. The highest BCUT2D eigenvalue weighted by atomic mass is 16.4. The van der Waals surface area contributed by atoms with Crippen molar-refractivity contribution in [3.63, 3.8) is 0 Å². The first-order chi connectivity index (χ1) is 9.51. The zero-order valence-electron chi connectivity index (χ0n) is 12.3. The number of nitrogens with zero attached hydrogens (tertiary/aromatic N) is 2. The van der Waals surface area contributed by atoms with Crippen LogP contribution in [0.5, 0.6) is 0 Å². The van der Waals surface area contributed by atoms with Crippen molar-refractivity contribution < 1.29 is 14.7 Å². The fourth-order valence-electron chi connectivity index (χ4n) is 3.16. The Morgan fingerprint density at radius 2 is 2.05 bits per heavy atom. The van der Waals surface area contributed by atoms with Crippen LogP contribution in [0.25, 0.3) is 0 Å². The normalized spacial score (nSPS) is 29.8. The molecule has 0 aromatic heterocycles. The first-order valence-electron chi connectivity index (χ1n) is 7.52. The van der Waals surface area contributed by atoms with Crippen molar-refractivity contribution in [2.75, 3.05) is 26.2 Å². The molecular weight excluding hydrogens is 258 g/mol. The lowest BCUT2D eigenvalue weighted by Crippen LogP contribution is -2.60. The van der Waals surface area contributed by atoms with E-state index in [4.69, 9.17) is 5.11 Å². The summed E-state index contributed by atoms with van der Waals surface area (Å²) in [5, 5.41) is 12.0. The van der Waals surface area contributed by atoms with Gasteiger partial charge in [-0.1, -0.05) is 6.92 Å². The van der Waals surface area contributed by atoms with E-state index in [1.165, 1.54) is 4.90 Å². The van der Waals surface area contributed by atoms with Gasteiger partial charge in [0.15, 0.2) is 0 Å². The molecule has 0 saturated carbocycles. The fraction of sp³-hybridized carbons (Fsp3) is 0.857. The standard InChI is InChI=1S/C14H25N3O3/c1-3-10(2)17(9-13(18)19)14(20)15-12-8-16-6-4-11(12)5-7-16/h10-12H,3-9H2,1-2H3,(H,15,20)(H,18,19). The molecule has 3 saturated heterocycles. The number of hydrogen-bond acceptors (Lipinski definition) is 3. The Kier molecular flexibility index (Phi) is 4.86. The number of piperidine rings is 3. The van der Waals surface area contributed by atoms with E-state index >= 15 is 0 Å². The zero-order valence-corrected chi connectivity index (χ0v) is 12.3. The number of amides is 2. The van der Waals surface area contributed by atoms with Crippen LogP contribution in [0.4, 0.5) is 4.79 Å². The quantitative estimate of drug-likeness (QED) is 0.789. The Bertz CT molecular complexity index is 367. The molecule has 6 heteroatoms. The van der Waals surface area contributed by atoms with Gasteiger partial charge in [-0.3, -0.25) is 4.79 Å². The monoisotopic (exact) mass is 283 g/mol. The molecule has 3 heterocycles. The van der Waals surface area contributed by atoms with Gasteiger partial charge in [-0.15, -0.1) is 0 Å². The van der Waals surface area contributed by atoms with Crippen molar-refractivity contribution in [1.29, 1.82) is 0 Å². The highest BCUT2D eigenvalue weighted by molar-refractivity contribution is 5.80. The van der Waals surface area contributed by atoms with E-state index in [0.717, 1.165) is 38.9 Å². The molecule has 0 aromatic rings. The van der Waals surface area contributed by atoms with Crippen LogP contribution in [0.3, 0.4) is 0 Å². The number of carbonyl (C=O) groups excluding carboxylic acids is 1. The maximum atomic E-state index is 12.4. The van der Waals surface area contributed by atoms with Gasteiger partial charge in [0.05, 0.1) is 0 Å². The molecule has 0 spiro atoms. The molecule has 0 aromatic carbocycles. The lowest BCUT2D eigenvalue weighted by Gasteiger charge is -2.45. The first kappa shape index (κ1) is 15.1. The van der Waals surface area contributed by atoms with Gasteiger partial charge in [0.25, 0.3) is 0 Å². The molecule has 2 amide bonds. The lowest BCUT2D eigenvalue weighted by molar-refractivity contribution is -0.138. The van der Waals surface area contributed by atoms with Gasteiger partial charge in [0.1, 0.15) is 6.54 Å². The third kappa shape index (κ3) is 3.42. The topological polar surface area (TPSA) is 72.9 Å². The number of carbonyl (C=O) groups is 2. The van der Waals surface area contributed by atoms with Gasteiger partial charge in [-0.2, -0.15) is 0 Å². The van der Waals surface area contributed by atoms with Crippen molar-refractivity contribution in [2.24, 2.45) is 5.92 Å². The third-order valence-corrected chi connectivity index (χ3v) is 4.65. The average Bonchev–Trinajstić information content (AvgIpc) is 2.45. The van der Waals surface area contributed by atoms with E-state index in [1.54, 1.807) is 0 Å². The van der Waals surface area contributed by atoms with Gasteiger partial charge in [0.2, 0.25) is 0 Å². The van der Waals surface area contributed by atoms with Crippen LogP contribution in [0.2, 0.25) is 0 Å². The van der Waals surface area contributed by atoms with Gasteiger partial charge in [-0.05, 0) is 45.2 Å². The molecule has 0 radical (unpaired) electrons. The second-order valence-electron chi connectivity index (χ2n) is 5.97. The number of nitrogens with one attached hydrogen (secondary N) is 1. The molecule has 3 rings (SSSR count). The number of rotatable bonds is 5. The minimum Gasteiger partial charge on any atom is -0.480 e. The molecule has 20 heavy (non-hydrogen) atoms. The van der Waals surface area contributed by atoms with E-state index in [-0.39, 0.29) is 24.7 Å². The number of urea groups is 1. The second kappa shape index (κ2) is 6.43. The van der Waals surface area contributed by atoms with Gasteiger partial charge >= 0.3 is 12.0 Å². The fourth-order valence-corrected chi connectivity index (χ4v) is 3.16. The van der Waals surface area contributed by atoms with Crippen LogP contribution in [0.1, 0.15) is 33.1 Å². The number of carboxylic acid groups (broad SMARTS) is 1. The SMILES string of the molecule is CCC(C)N(CC(=O)O)C(=O)NC1CN2CCC1CC2. The second-order valence-corrected chi connectivity index (χ2v) is 5.97. The highest BCUT2D eigenvalue weighted by Crippen LogP contribution is 2.27. The van der Waals surface area contributed by atoms with Crippen LogP contribution in [0.15, 0.2) is 0 Å². The van der Waals surface area contributed by atoms with Gasteiger partial charge in [-0.25, -0.2) is 4.79 Å². The van der Waals surface area contributed by atoms with Crippen molar-refractivity contribution in [3.05, 3.63) is 0 Å². The van der Waals surface area contributed by atoms with Crippen molar-refractivity contribution in [1.82, 2.24) is 15.1 Å². The smallest absolute Gasteiger partial charge is 0.323 e. The molecule has 2 unspecified atom stereocenters. The maximum absolute atomic E-state index is 12.4. The summed E-state index contributed by atoms with van der Waals surface area (Å²) < 4.78 is 0. The Hall–Kier alpha value is -1.30. The predicted molar refractivity (Wildman–Crippen MR) is 75.6 cm³/mol. The summed E-state index contributed by atoms with van der Waals surface area (Å²) in [6, 6.07) is -0.127. The lowest BCUT2D eigenvalue weighted by atomic mass is 9.84. The third-order valence-electron chi connectivity index (χ3n) is 4.65. The molecule has 3 aliphatic rings. The summed E-state index contributed by atoms with van der Waals surface area (Å²) >= 11 is 0. The van der Waals surface area contributed by atoms with Gasteiger partial charge < -0.3 is 20.2 Å². The Balaban J connectivity index is 1.95. The van der Waals surface area contributed by atoms with Gasteiger partial charge in [0, 0.05) is 18.6 Å². The predicted octanol–water partition coefficient (Wildman–Crippen LogP) is 0.975. The molecular formula is C14H25N3O3. The summed E-state index contributed by atoms with van der Waals surface area (Å²) in [6.45, 7) is 6.77. The van der Waals surface area contributed by atoms with E-state index in [0.29, 0.717) is 5.92 Å². The van der Waals surface area contributed by atoms with E-state index in [9.17, 15) is 9.59 Å². The Morgan fingerprint density at radius 1 is 1.40 bits per heavy atom. The molecule has 3 fully saturated rings. The van der Waals surface area contributed by atoms with Crippen molar-refractivity contribution >= 4 is 12.0 Å². The Labute approximate surface area is 120 Å². The molecule has 2 atom stereocenters. The summed E-state index contributed by atoms with van der Waals surface area (Å²) in [5.41, 5.74) is 0. The minimum atomic E-state index is -0.964. The minimum absolute atomic E-state index is 0.0628. The van der Waals surface area contributed by atoms with E-state index < -0.39 is 5.97 Å². The summed E-state index contributed by atoms with van der Waals surface area (Å²) in [6.07, 6.45) is 3.02. The van der Waals surface area contributed by atoms with Crippen LogP contribution < -0.4 is 5.32 Å². The number of fused-ring (bicyclic) bond motifs is 3. The molecule has 114 valence electrons. The molecule has 0 aliphatic carbocycles. The number of aliphatic carboxylic acids is 1. The molecule has 6 nitrogen and oxygen atoms in total. The summed E-state index contributed by atoms with van der Waals surface area (Å²) in [7, 11) is 0. The zero-order chi connectivity index (χ0) is 14.7. The molecule has 2 N–H and O–H groups in total. The van der Waals surface area contributed by atoms with Crippen LogP contribution in [-0.4, -0.2) is 65.2 Å². The Morgan fingerprint density at radius 3 is 2.50 bits per heavy atom. The first-order valence-corrected chi connectivity index (χ1v) is 7.52. The van der Waals surface area contributed by atoms with Crippen LogP contribution >= 0.6 is 0 Å². The van der Waals surface area contributed by atoms with Crippen LogP contribution in [-0.2, 0) is 4.79 Å². The van der Waals surface area contributed by atoms with E-state index in [1.807, 2.05) is 13.8 Å². The van der Waals surface area contributed by atoms with Crippen LogP contribution in [0, 0.1) is 5.92 Å². The summed E-state index contributed by atoms with van der Waals surface area (Å²) in [5.74, 6) is -0.415. The van der Waals surface area contributed by atoms with Crippen molar-refractivity contribution in [3.8, 4) is 0 Å². The number of hydrogen-bond donors (Lipinski definition) is 2. The molecule has 3 aliphatic heterocycles. The van der Waals surface area contributed by atoms with E-state index in [2.05, 4.69) is 10.2 Å². The average molecular weight is 283 g/mol. The summed E-state index contributed by atoms with van der Waals surface area (Å²) in [4.78, 5) is 27.1. The largest absolute Gasteiger partial charge is 0.480 e. The number of carboxylic acids is 1. The molecule has 2 bridgehead atoms. The highest BCUT2D eigenvalue weighted by Gasteiger charge is 2.36. The van der Waals surface area contributed by atoms with Crippen molar-refractivity contribution in [2.45, 2.75) is 45.2 Å².